The molecule has 2 heterocycles. The van der Waals surface area contributed by atoms with E-state index in [0.29, 0.717) is 5.69 Å². The largest absolute Gasteiger partial charge is 0.380 e. The van der Waals surface area contributed by atoms with E-state index in [0.717, 1.165) is 23.3 Å². The quantitative estimate of drug-likeness (QED) is 0.890. The molecule has 0 aliphatic rings. The van der Waals surface area contributed by atoms with Crippen LogP contribution in [0.2, 0.25) is 0 Å². The van der Waals surface area contributed by atoms with Gasteiger partial charge in [-0.3, -0.25) is 4.68 Å². The minimum Gasteiger partial charge on any atom is -0.380 e. The normalized spacial score (nSPS) is 13.2. The van der Waals surface area contributed by atoms with Gasteiger partial charge in [-0.2, -0.15) is 5.10 Å². The van der Waals surface area contributed by atoms with Gasteiger partial charge in [-0.15, -0.1) is 0 Å². The molecule has 2 aromatic heterocycles. The number of aliphatic hydroxyl groups is 1. The van der Waals surface area contributed by atoms with Crippen molar-refractivity contribution < 1.29 is 5.11 Å². The lowest BCUT2D eigenvalue weighted by molar-refractivity contribution is 0.200. The molecule has 0 aliphatic carbocycles. The third-order valence-corrected chi connectivity index (χ3v) is 3.47. The minimum absolute atomic E-state index is 0.620. The van der Waals surface area contributed by atoms with Gasteiger partial charge in [0.2, 0.25) is 0 Å². The third kappa shape index (κ3) is 3.23. The second-order valence-corrected chi connectivity index (χ2v) is 5.63. The van der Waals surface area contributed by atoms with Gasteiger partial charge in [0, 0.05) is 19.8 Å². The Kier molecular flexibility index (Phi) is 4.38. The first-order chi connectivity index (χ1) is 8.99. The van der Waals surface area contributed by atoms with E-state index in [2.05, 4.69) is 30.9 Å². The van der Waals surface area contributed by atoms with Crippen LogP contribution in [0, 0.1) is 0 Å². The molecule has 1 unspecified atom stereocenters. The molecule has 0 saturated heterocycles. The van der Waals surface area contributed by atoms with E-state index >= 15 is 0 Å². The fourth-order valence-electron chi connectivity index (χ4n) is 1.83. The number of aliphatic hydroxyl groups excluding tert-OH is 1. The standard InChI is InChI=1S/C12H18BrN5O/c1-16(2)4-5-18-11(9(13)6-15-18)12(19)10-7-17(3)8-14-10/h6-8,12,19H,4-5H2,1-3H3. The highest BCUT2D eigenvalue weighted by Gasteiger charge is 2.21. The lowest BCUT2D eigenvalue weighted by atomic mass is 10.2. The topological polar surface area (TPSA) is 59.1 Å². The van der Waals surface area contributed by atoms with E-state index in [1.54, 1.807) is 18.7 Å². The monoisotopic (exact) mass is 327 g/mol. The summed E-state index contributed by atoms with van der Waals surface area (Å²) >= 11 is 3.44. The summed E-state index contributed by atoms with van der Waals surface area (Å²) in [5.74, 6) is 0. The van der Waals surface area contributed by atoms with E-state index in [9.17, 15) is 5.11 Å². The number of imidazole rings is 1. The Morgan fingerprint density at radius 1 is 1.47 bits per heavy atom. The van der Waals surface area contributed by atoms with E-state index in [4.69, 9.17) is 0 Å². The first kappa shape index (κ1) is 14.2. The van der Waals surface area contributed by atoms with Gasteiger partial charge in [0.25, 0.3) is 0 Å². The van der Waals surface area contributed by atoms with E-state index in [-0.39, 0.29) is 0 Å². The zero-order valence-corrected chi connectivity index (χ0v) is 12.9. The summed E-state index contributed by atoms with van der Waals surface area (Å²) in [7, 11) is 5.89. The average molecular weight is 328 g/mol. The molecule has 104 valence electrons. The van der Waals surface area contributed by atoms with Crippen molar-refractivity contribution in [3.8, 4) is 0 Å². The number of hydrogen-bond acceptors (Lipinski definition) is 4. The average Bonchev–Trinajstić information content (AvgIpc) is 2.92. The molecule has 0 amide bonds. The number of aromatic nitrogens is 4. The molecule has 1 N–H and O–H groups in total. The number of rotatable bonds is 5. The van der Waals surface area contributed by atoms with Crippen LogP contribution in [0.4, 0.5) is 0 Å². The van der Waals surface area contributed by atoms with Crippen LogP contribution in [0.25, 0.3) is 0 Å². The predicted octanol–water partition coefficient (Wildman–Crippen LogP) is 1.02. The van der Waals surface area contributed by atoms with Crippen LogP contribution in [0.1, 0.15) is 17.5 Å². The molecule has 0 fully saturated rings. The van der Waals surface area contributed by atoms with Crippen molar-refractivity contribution in [1.82, 2.24) is 24.2 Å². The van der Waals surface area contributed by atoms with Gasteiger partial charge in [0.15, 0.2) is 0 Å². The van der Waals surface area contributed by atoms with Crippen LogP contribution in [0.15, 0.2) is 23.2 Å². The Labute approximate surface area is 120 Å². The highest BCUT2D eigenvalue weighted by atomic mass is 79.9. The molecule has 0 spiro atoms. The third-order valence-electron chi connectivity index (χ3n) is 2.86. The van der Waals surface area contributed by atoms with Crippen molar-refractivity contribution in [2.45, 2.75) is 12.6 Å². The molecule has 0 saturated carbocycles. The lowest BCUT2D eigenvalue weighted by Crippen LogP contribution is -2.21. The number of hydrogen-bond donors (Lipinski definition) is 1. The van der Waals surface area contributed by atoms with Gasteiger partial charge >= 0.3 is 0 Å². The summed E-state index contributed by atoms with van der Waals surface area (Å²) in [4.78, 5) is 6.27. The summed E-state index contributed by atoms with van der Waals surface area (Å²) in [5.41, 5.74) is 1.36. The Morgan fingerprint density at radius 3 is 2.79 bits per heavy atom. The van der Waals surface area contributed by atoms with Crippen molar-refractivity contribution in [3.05, 3.63) is 34.6 Å². The highest BCUT2D eigenvalue weighted by molar-refractivity contribution is 9.10. The molecule has 2 rings (SSSR count). The molecular formula is C12H18BrN5O. The summed E-state index contributed by atoms with van der Waals surface area (Å²) in [6.45, 7) is 1.58. The molecule has 2 aromatic rings. The Hall–Kier alpha value is -1.18. The van der Waals surface area contributed by atoms with Crippen molar-refractivity contribution in [1.29, 1.82) is 0 Å². The maximum Gasteiger partial charge on any atom is 0.140 e. The summed E-state index contributed by atoms with van der Waals surface area (Å²) < 4.78 is 4.42. The second kappa shape index (κ2) is 5.85. The molecular weight excluding hydrogens is 310 g/mol. The van der Waals surface area contributed by atoms with Crippen LogP contribution < -0.4 is 0 Å². The summed E-state index contributed by atoms with van der Waals surface area (Å²) in [5, 5.41) is 14.7. The lowest BCUT2D eigenvalue weighted by Gasteiger charge is -2.15. The molecule has 7 heteroatoms. The van der Waals surface area contributed by atoms with Gasteiger partial charge in [0.05, 0.1) is 34.9 Å². The van der Waals surface area contributed by atoms with Crippen LogP contribution >= 0.6 is 15.9 Å². The Balaban J connectivity index is 2.25. The van der Waals surface area contributed by atoms with Gasteiger partial charge < -0.3 is 14.6 Å². The van der Waals surface area contributed by atoms with Gasteiger partial charge in [-0.25, -0.2) is 4.98 Å². The molecule has 1 atom stereocenters. The maximum atomic E-state index is 10.4. The number of likely N-dealkylation sites (N-methyl/N-ethyl adjacent to an activating group) is 1. The fourth-order valence-corrected chi connectivity index (χ4v) is 2.34. The van der Waals surface area contributed by atoms with Crippen molar-refractivity contribution in [2.75, 3.05) is 20.6 Å². The Morgan fingerprint density at radius 2 is 2.21 bits per heavy atom. The van der Waals surface area contributed by atoms with Crippen LogP contribution in [-0.2, 0) is 13.6 Å². The second-order valence-electron chi connectivity index (χ2n) is 4.77. The maximum absolute atomic E-state index is 10.4. The molecule has 0 aromatic carbocycles. The van der Waals surface area contributed by atoms with Crippen molar-refractivity contribution >= 4 is 15.9 Å². The van der Waals surface area contributed by atoms with Crippen LogP contribution in [0.5, 0.6) is 0 Å². The van der Waals surface area contributed by atoms with Gasteiger partial charge in [-0.05, 0) is 30.0 Å². The minimum atomic E-state index is -0.778. The zero-order chi connectivity index (χ0) is 14.0. The molecule has 0 radical (unpaired) electrons. The van der Waals surface area contributed by atoms with E-state index in [1.807, 2.05) is 30.4 Å². The summed E-state index contributed by atoms with van der Waals surface area (Å²) in [6.07, 6.45) is 4.41. The molecule has 19 heavy (non-hydrogen) atoms. The fraction of sp³-hybridized carbons (Fsp3) is 0.500. The SMILES string of the molecule is CN(C)CCn1ncc(Br)c1C(O)c1cn(C)cn1. The number of aryl methyl sites for hydroxylation is 1. The highest BCUT2D eigenvalue weighted by Crippen LogP contribution is 2.27. The summed E-state index contributed by atoms with van der Waals surface area (Å²) in [6, 6.07) is 0. The van der Waals surface area contributed by atoms with Crippen LogP contribution in [-0.4, -0.2) is 50.0 Å². The van der Waals surface area contributed by atoms with Crippen LogP contribution in [0.3, 0.4) is 0 Å². The zero-order valence-electron chi connectivity index (χ0n) is 11.3. The molecule has 0 bridgehead atoms. The first-order valence-electron chi connectivity index (χ1n) is 6.01. The smallest absolute Gasteiger partial charge is 0.140 e. The van der Waals surface area contributed by atoms with Gasteiger partial charge in [0.1, 0.15) is 6.10 Å². The van der Waals surface area contributed by atoms with Gasteiger partial charge in [-0.1, -0.05) is 0 Å². The first-order valence-corrected chi connectivity index (χ1v) is 6.80. The number of halogens is 1. The molecule has 0 aliphatic heterocycles. The van der Waals surface area contributed by atoms with E-state index < -0.39 is 6.10 Å². The molecule has 6 nitrogen and oxygen atoms in total. The van der Waals surface area contributed by atoms with Crippen molar-refractivity contribution in [2.24, 2.45) is 7.05 Å². The van der Waals surface area contributed by atoms with E-state index in [1.165, 1.54) is 0 Å². The Bertz CT molecular complexity index is 548. The predicted molar refractivity (Wildman–Crippen MR) is 75.8 cm³/mol. The van der Waals surface area contributed by atoms with Crippen molar-refractivity contribution in [3.63, 3.8) is 0 Å². The number of nitrogens with zero attached hydrogens (tertiary/aromatic N) is 5.